The van der Waals surface area contributed by atoms with Crippen LogP contribution in [0.15, 0.2) is 60.0 Å². The van der Waals surface area contributed by atoms with E-state index < -0.39 is 0 Å². The lowest BCUT2D eigenvalue weighted by Gasteiger charge is -2.05. The number of carbonyl (C=O) groups excluding carboxylic acids is 1. The average molecular weight is 377 g/mol. The maximum atomic E-state index is 12.5. The van der Waals surface area contributed by atoms with Crippen molar-refractivity contribution in [3.8, 4) is 16.5 Å². The fourth-order valence-corrected chi connectivity index (χ4v) is 3.92. The molecule has 0 aliphatic rings. The molecule has 0 spiro atoms. The van der Waals surface area contributed by atoms with Gasteiger partial charge in [-0.3, -0.25) is 4.79 Å². The van der Waals surface area contributed by atoms with Crippen molar-refractivity contribution < 1.29 is 9.53 Å². The van der Waals surface area contributed by atoms with Crippen LogP contribution in [0, 0.1) is 0 Å². The Morgan fingerprint density at radius 2 is 1.96 bits per heavy atom. The lowest BCUT2D eigenvalue weighted by Crippen LogP contribution is -2.12. The monoisotopic (exact) mass is 377 g/mol. The standard InChI is InChI=1S/C21H19N3O2S/c1-3-24-18-7-5-4-6-14(18)12-19(24)21-23-17(13-27-21)20(25)22-15-8-10-16(26-2)11-9-15/h4-13H,3H2,1-2H3,(H,22,25). The van der Waals surface area contributed by atoms with E-state index in [-0.39, 0.29) is 5.91 Å². The van der Waals surface area contributed by atoms with Crippen LogP contribution in [0.4, 0.5) is 5.69 Å². The van der Waals surface area contributed by atoms with Crippen molar-refractivity contribution in [2.45, 2.75) is 13.5 Å². The molecule has 0 radical (unpaired) electrons. The molecule has 0 aliphatic carbocycles. The number of ether oxygens (including phenoxy) is 1. The third kappa shape index (κ3) is 3.31. The molecule has 0 saturated carbocycles. The zero-order valence-electron chi connectivity index (χ0n) is 15.1. The van der Waals surface area contributed by atoms with E-state index in [1.807, 2.05) is 24.3 Å². The summed E-state index contributed by atoms with van der Waals surface area (Å²) < 4.78 is 7.35. The summed E-state index contributed by atoms with van der Waals surface area (Å²) in [6.07, 6.45) is 0. The number of anilines is 1. The molecule has 2 aromatic carbocycles. The predicted molar refractivity (Wildman–Crippen MR) is 110 cm³/mol. The lowest BCUT2D eigenvalue weighted by atomic mass is 10.2. The number of methoxy groups -OCH3 is 1. The second-order valence-electron chi connectivity index (χ2n) is 6.05. The first-order valence-corrected chi connectivity index (χ1v) is 9.57. The first-order chi connectivity index (χ1) is 13.2. The van der Waals surface area contributed by atoms with Crippen LogP contribution in [0.5, 0.6) is 5.75 Å². The van der Waals surface area contributed by atoms with E-state index in [4.69, 9.17) is 4.74 Å². The van der Waals surface area contributed by atoms with Crippen molar-refractivity contribution in [1.82, 2.24) is 9.55 Å². The first kappa shape index (κ1) is 17.3. The van der Waals surface area contributed by atoms with Gasteiger partial charge in [-0.1, -0.05) is 18.2 Å². The minimum Gasteiger partial charge on any atom is -0.497 e. The van der Waals surface area contributed by atoms with Gasteiger partial charge in [-0.05, 0) is 43.3 Å². The van der Waals surface area contributed by atoms with E-state index in [2.05, 4.69) is 40.0 Å². The van der Waals surface area contributed by atoms with Crippen molar-refractivity contribution in [3.05, 3.63) is 65.7 Å². The molecular formula is C21H19N3O2S. The molecule has 4 aromatic rings. The molecule has 0 aliphatic heterocycles. The highest BCUT2D eigenvalue weighted by molar-refractivity contribution is 7.13. The molecule has 136 valence electrons. The number of aromatic nitrogens is 2. The van der Waals surface area contributed by atoms with Gasteiger partial charge >= 0.3 is 0 Å². The van der Waals surface area contributed by atoms with Crippen LogP contribution in [0.2, 0.25) is 0 Å². The van der Waals surface area contributed by atoms with Crippen molar-refractivity contribution in [1.29, 1.82) is 0 Å². The predicted octanol–water partition coefficient (Wildman–Crippen LogP) is 5.05. The zero-order chi connectivity index (χ0) is 18.8. The highest BCUT2D eigenvalue weighted by Gasteiger charge is 2.16. The molecule has 6 heteroatoms. The summed E-state index contributed by atoms with van der Waals surface area (Å²) in [5.41, 5.74) is 3.33. The third-order valence-electron chi connectivity index (χ3n) is 4.43. The number of para-hydroxylation sites is 1. The van der Waals surface area contributed by atoms with Gasteiger partial charge in [-0.15, -0.1) is 11.3 Å². The summed E-state index contributed by atoms with van der Waals surface area (Å²) in [6.45, 7) is 2.96. The minimum absolute atomic E-state index is 0.221. The quantitative estimate of drug-likeness (QED) is 0.530. The smallest absolute Gasteiger partial charge is 0.275 e. The number of nitrogens with zero attached hydrogens (tertiary/aromatic N) is 2. The molecule has 0 unspecified atom stereocenters. The van der Waals surface area contributed by atoms with Crippen LogP contribution >= 0.6 is 11.3 Å². The second-order valence-corrected chi connectivity index (χ2v) is 6.91. The largest absolute Gasteiger partial charge is 0.497 e. The summed E-state index contributed by atoms with van der Waals surface area (Å²) in [6, 6.07) is 17.6. The Morgan fingerprint density at radius 1 is 1.19 bits per heavy atom. The molecule has 1 N–H and O–H groups in total. The number of thiazole rings is 1. The topological polar surface area (TPSA) is 56.2 Å². The number of hydrogen-bond donors (Lipinski definition) is 1. The first-order valence-electron chi connectivity index (χ1n) is 8.69. The Kier molecular flexibility index (Phi) is 4.64. The molecule has 0 fully saturated rings. The van der Waals surface area contributed by atoms with E-state index in [9.17, 15) is 4.79 Å². The van der Waals surface area contributed by atoms with E-state index in [0.29, 0.717) is 11.4 Å². The van der Waals surface area contributed by atoms with E-state index >= 15 is 0 Å². The summed E-state index contributed by atoms with van der Waals surface area (Å²) in [7, 11) is 1.61. The van der Waals surface area contributed by atoms with Crippen LogP contribution in [0.3, 0.4) is 0 Å². The number of benzene rings is 2. The molecule has 5 nitrogen and oxygen atoms in total. The Balaban J connectivity index is 1.60. The Labute approximate surface area is 161 Å². The van der Waals surface area contributed by atoms with Gasteiger partial charge in [0.1, 0.15) is 16.5 Å². The maximum absolute atomic E-state index is 12.5. The molecule has 27 heavy (non-hydrogen) atoms. The highest BCUT2D eigenvalue weighted by atomic mass is 32.1. The van der Waals surface area contributed by atoms with Crippen LogP contribution in [-0.4, -0.2) is 22.6 Å². The van der Waals surface area contributed by atoms with Gasteiger partial charge in [-0.25, -0.2) is 4.98 Å². The van der Waals surface area contributed by atoms with E-state index in [0.717, 1.165) is 23.0 Å². The van der Waals surface area contributed by atoms with Gasteiger partial charge < -0.3 is 14.6 Å². The second kappa shape index (κ2) is 7.25. The Morgan fingerprint density at radius 3 is 2.70 bits per heavy atom. The van der Waals surface area contributed by atoms with E-state index in [1.165, 1.54) is 22.2 Å². The Hall–Kier alpha value is -3.12. The van der Waals surface area contributed by atoms with Crippen molar-refractivity contribution in [3.63, 3.8) is 0 Å². The van der Waals surface area contributed by atoms with Crippen LogP contribution in [-0.2, 0) is 6.54 Å². The van der Waals surface area contributed by atoms with Crippen LogP contribution in [0.25, 0.3) is 21.6 Å². The Bertz CT molecular complexity index is 1100. The molecule has 2 aromatic heterocycles. The summed E-state index contributed by atoms with van der Waals surface area (Å²) >= 11 is 1.48. The molecule has 1 amide bonds. The molecule has 4 rings (SSSR count). The van der Waals surface area contributed by atoms with Gasteiger partial charge in [-0.2, -0.15) is 0 Å². The number of carbonyl (C=O) groups is 1. The zero-order valence-corrected chi connectivity index (χ0v) is 15.9. The molecule has 0 atom stereocenters. The van der Waals surface area contributed by atoms with Gasteiger partial charge in [0.15, 0.2) is 0 Å². The fraction of sp³-hybridized carbons (Fsp3) is 0.143. The summed E-state index contributed by atoms with van der Waals surface area (Å²) in [4.78, 5) is 17.1. The summed E-state index contributed by atoms with van der Waals surface area (Å²) in [5.74, 6) is 0.526. The minimum atomic E-state index is -0.221. The molecule has 0 bridgehead atoms. The SMILES string of the molecule is CCn1c(-c2nc(C(=O)Nc3ccc(OC)cc3)cs2)cc2ccccc21. The van der Waals surface area contributed by atoms with Crippen LogP contribution < -0.4 is 10.1 Å². The lowest BCUT2D eigenvalue weighted by molar-refractivity contribution is 0.102. The molecular weight excluding hydrogens is 358 g/mol. The highest BCUT2D eigenvalue weighted by Crippen LogP contribution is 2.30. The van der Waals surface area contributed by atoms with Gasteiger partial charge in [0.2, 0.25) is 0 Å². The average Bonchev–Trinajstić information content (AvgIpc) is 3.33. The third-order valence-corrected chi connectivity index (χ3v) is 5.30. The number of rotatable bonds is 5. The maximum Gasteiger partial charge on any atom is 0.275 e. The number of aryl methyl sites for hydroxylation is 1. The molecule has 2 heterocycles. The number of hydrogen-bond acceptors (Lipinski definition) is 4. The van der Waals surface area contributed by atoms with Crippen molar-refractivity contribution in [2.24, 2.45) is 0 Å². The van der Waals surface area contributed by atoms with Gasteiger partial charge in [0.25, 0.3) is 5.91 Å². The fourth-order valence-electron chi connectivity index (χ4n) is 3.09. The number of fused-ring (bicyclic) bond motifs is 1. The number of amides is 1. The molecule has 0 saturated heterocycles. The van der Waals surface area contributed by atoms with Crippen molar-refractivity contribution in [2.75, 3.05) is 12.4 Å². The van der Waals surface area contributed by atoms with Gasteiger partial charge in [0.05, 0.1) is 12.8 Å². The van der Waals surface area contributed by atoms with Crippen molar-refractivity contribution >= 4 is 33.8 Å². The van der Waals surface area contributed by atoms with E-state index in [1.54, 1.807) is 24.6 Å². The summed E-state index contributed by atoms with van der Waals surface area (Å²) in [5, 5.41) is 6.69. The normalized spacial score (nSPS) is 10.9. The number of nitrogens with one attached hydrogen (secondary N) is 1. The van der Waals surface area contributed by atoms with Crippen LogP contribution in [0.1, 0.15) is 17.4 Å². The van der Waals surface area contributed by atoms with Gasteiger partial charge in [0, 0.05) is 28.5 Å².